The Kier molecular flexibility index (Phi) is 5.81. The molecule has 0 radical (unpaired) electrons. The maximum atomic E-state index is 13.0. The van der Waals surface area contributed by atoms with Gasteiger partial charge in [-0.3, -0.25) is 9.71 Å². The Hall–Kier alpha value is -2.54. The molecule has 1 N–H and O–H groups in total. The molecule has 0 aromatic heterocycles. The van der Waals surface area contributed by atoms with E-state index in [0.29, 0.717) is 11.4 Å². The number of benzene rings is 2. The Balaban J connectivity index is 2.39. The van der Waals surface area contributed by atoms with Gasteiger partial charge in [0.15, 0.2) is 5.90 Å². The second kappa shape index (κ2) is 7.83. The van der Waals surface area contributed by atoms with Gasteiger partial charge in [0.25, 0.3) is 10.0 Å². The molecule has 0 aliphatic heterocycles. The third-order valence-electron chi connectivity index (χ3n) is 3.48. The first kappa shape index (κ1) is 17.8. The van der Waals surface area contributed by atoms with E-state index in [9.17, 15) is 8.42 Å². The molecule has 24 heavy (non-hydrogen) atoms. The number of anilines is 1. The highest BCUT2D eigenvalue weighted by Crippen LogP contribution is 2.26. The van der Waals surface area contributed by atoms with Gasteiger partial charge in [0.2, 0.25) is 0 Å². The monoisotopic (exact) mass is 348 g/mol. The third kappa shape index (κ3) is 4.05. The van der Waals surface area contributed by atoms with Crippen molar-refractivity contribution in [1.82, 2.24) is 0 Å². The molecular formula is C17H20N2O4S. The summed E-state index contributed by atoms with van der Waals surface area (Å²) < 4.78 is 37.2. The smallest absolute Gasteiger partial charge is 0.264 e. The SMILES string of the molecule is COC(=N)CCN(c1ccc(OC)cc1)S(=O)(=O)c1ccccc1. The summed E-state index contributed by atoms with van der Waals surface area (Å²) in [6.07, 6.45) is 0.175. The Morgan fingerprint density at radius 3 is 2.21 bits per heavy atom. The fourth-order valence-corrected chi connectivity index (χ4v) is 3.65. The molecule has 0 spiro atoms. The van der Waals surface area contributed by atoms with Gasteiger partial charge in [-0.05, 0) is 36.4 Å². The van der Waals surface area contributed by atoms with Gasteiger partial charge in [-0.25, -0.2) is 8.42 Å². The van der Waals surface area contributed by atoms with Crippen LogP contribution in [0.25, 0.3) is 0 Å². The summed E-state index contributed by atoms with van der Waals surface area (Å²) in [6.45, 7) is 0.107. The molecule has 0 fully saturated rings. The minimum absolute atomic E-state index is 0.0248. The number of sulfonamides is 1. The third-order valence-corrected chi connectivity index (χ3v) is 5.32. The predicted molar refractivity (Wildman–Crippen MR) is 93.3 cm³/mol. The number of ether oxygens (including phenoxy) is 2. The van der Waals surface area contributed by atoms with Crippen molar-refractivity contribution in [2.24, 2.45) is 0 Å². The Bertz CT molecular complexity index is 774. The van der Waals surface area contributed by atoms with E-state index < -0.39 is 10.0 Å². The Morgan fingerprint density at radius 2 is 1.67 bits per heavy atom. The van der Waals surface area contributed by atoms with Crippen molar-refractivity contribution in [3.8, 4) is 5.75 Å². The molecule has 0 atom stereocenters. The largest absolute Gasteiger partial charge is 0.497 e. The standard InChI is InChI=1S/C17H20N2O4S/c1-22-15-10-8-14(9-11-15)19(13-12-17(18)23-2)24(20,21)16-6-4-3-5-7-16/h3-11,18H,12-13H2,1-2H3. The second-order valence-corrected chi connectivity index (χ2v) is 6.83. The van der Waals surface area contributed by atoms with Crippen molar-refractivity contribution in [3.63, 3.8) is 0 Å². The molecule has 0 bridgehead atoms. The van der Waals surface area contributed by atoms with Crippen LogP contribution in [0.1, 0.15) is 6.42 Å². The average molecular weight is 348 g/mol. The molecule has 0 unspecified atom stereocenters. The van der Waals surface area contributed by atoms with Crippen molar-refractivity contribution in [1.29, 1.82) is 5.41 Å². The van der Waals surface area contributed by atoms with Gasteiger partial charge >= 0.3 is 0 Å². The number of hydrogen-bond acceptors (Lipinski definition) is 5. The van der Waals surface area contributed by atoms with Crippen LogP contribution in [0.2, 0.25) is 0 Å². The van der Waals surface area contributed by atoms with E-state index in [1.807, 2.05) is 0 Å². The molecule has 0 heterocycles. The average Bonchev–Trinajstić information content (AvgIpc) is 2.62. The molecular weight excluding hydrogens is 328 g/mol. The van der Waals surface area contributed by atoms with Crippen LogP contribution in [0.4, 0.5) is 5.69 Å². The first-order valence-electron chi connectivity index (χ1n) is 7.32. The van der Waals surface area contributed by atoms with E-state index in [2.05, 4.69) is 0 Å². The summed E-state index contributed by atoms with van der Waals surface area (Å²) in [7, 11) is -0.794. The quantitative estimate of drug-likeness (QED) is 0.616. The van der Waals surface area contributed by atoms with E-state index in [1.165, 1.54) is 11.4 Å². The lowest BCUT2D eigenvalue weighted by Gasteiger charge is -2.24. The number of nitrogens with one attached hydrogen (secondary N) is 1. The molecule has 2 aromatic carbocycles. The van der Waals surface area contributed by atoms with Crippen molar-refractivity contribution in [3.05, 3.63) is 54.6 Å². The van der Waals surface area contributed by atoms with Crippen LogP contribution in [0.15, 0.2) is 59.5 Å². The van der Waals surface area contributed by atoms with E-state index in [0.717, 1.165) is 0 Å². The van der Waals surface area contributed by atoms with Gasteiger partial charge in [-0.1, -0.05) is 18.2 Å². The molecule has 0 amide bonds. The normalized spacial score (nSPS) is 10.9. The molecule has 0 aliphatic rings. The molecule has 0 saturated heterocycles. The van der Waals surface area contributed by atoms with Gasteiger partial charge in [-0.2, -0.15) is 0 Å². The maximum Gasteiger partial charge on any atom is 0.264 e. The summed E-state index contributed by atoms with van der Waals surface area (Å²) in [5, 5.41) is 7.60. The number of methoxy groups -OCH3 is 2. The summed E-state index contributed by atoms with van der Waals surface area (Å²) in [4.78, 5) is 0.199. The summed E-state index contributed by atoms with van der Waals surface area (Å²) in [5.74, 6) is 0.664. The van der Waals surface area contributed by atoms with Gasteiger partial charge in [-0.15, -0.1) is 0 Å². The predicted octanol–water partition coefficient (Wildman–Crippen LogP) is 2.90. The van der Waals surface area contributed by atoms with E-state index in [-0.39, 0.29) is 23.8 Å². The van der Waals surface area contributed by atoms with E-state index in [1.54, 1.807) is 61.7 Å². The highest BCUT2D eigenvalue weighted by Gasteiger charge is 2.25. The van der Waals surface area contributed by atoms with Crippen LogP contribution in [-0.2, 0) is 14.8 Å². The minimum Gasteiger partial charge on any atom is -0.497 e. The summed E-state index contributed by atoms with van der Waals surface area (Å²) >= 11 is 0. The molecule has 2 rings (SSSR count). The van der Waals surface area contributed by atoms with Crippen molar-refractivity contribution in [2.75, 3.05) is 25.1 Å². The van der Waals surface area contributed by atoms with Crippen molar-refractivity contribution in [2.45, 2.75) is 11.3 Å². The highest BCUT2D eigenvalue weighted by molar-refractivity contribution is 7.92. The van der Waals surface area contributed by atoms with Gasteiger partial charge in [0, 0.05) is 13.0 Å². The van der Waals surface area contributed by atoms with Crippen LogP contribution in [0.3, 0.4) is 0 Å². The zero-order chi connectivity index (χ0) is 17.6. The van der Waals surface area contributed by atoms with Crippen molar-refractivity contribution < 1.29 is 17.9 Å². The summed E-state index contributed by atoms with van der Waals surface area (Å²) in [5.41, 5.74) is 0.503. The highest BCUT2D eigenvalue weighted by atomic mass is 32.2. The number of nitrogens with zero attached hydrogens (tertiary/aromatic N) is 1. The van der Waals surface area contributed by atoms with Crippen LogP contribution in [-0.4, -0.2) is 35.1 Å². The fraction of sp³-hybridized carbons (Fsp3) is 0.235. The van der Waals surface area contributed by atoms with Crippen LogP contribution in [0.5, 0.6) is 5.75 Å². The Morgan fingerprint density at radius 1 is 1.04 bits per heavy atom. The van der Waals surface area contributed by atoms with Gasteiger partial charge < -0.3 is 9.47 Å². The van der Waals surface area contributed by atoms with Crippen molar-refractivity contribution >= 4 is 21.6 Å². The van der Waals surface area contributed by atoms with E-state index in [4.69, 9.17) is 14.9 Å². The van der Waals surface area contributed by atoms with E-state index >= 15 is 0 Å². The lowest BCUT2D eigenvalue weighted by Crippen LogP contribution is -2.33. The lowest BCUT2D eigenvalue weighted by molar-refractivity contribution is 0.387. The first-order chi connectivity index (χ1) is 11.5. The fourth-order valence-electron chi connectivity index (χ4n) is 2.16. The Labute approximate surface area is 142 Å². The maximum absolute atomic E-state index is 13.0. The molecule has 0 saturated carbocycles. The first-order valence-corrected chi connectivity index (χ1v) is 8.76. The number of rotatable bonds is 7. The second-order valence-electron chi connectivity index (χ2n) is 4.97. The van der Waals surface area contributed by atoms with Crippen LogP contribution < -0.4 is 9.04 Å². The number of hydrogen-bond donors (Lipinski definition) is 1. The lowest BCUT2D eigenvalue weighted by atomic mass is 10.3. The molecule has 128 valence electrons. The van der Waals surface area contributed by atoms with Crippen LogP contribution >= 0.6 is 0 Å². The van der Waals surface area contributed by atoms with Crippen LogP contribution in [0, 0.1) is 5.41 Å². The zero-order valence-corrected chi connectivity index (χ0v) is 14.4. The minimum atomic E-state index is -3.74. The van der Waals surface area contributed by atoms with Gasteiger partial charge in [0.1, 0.15) is 5.75 Å². The van der Waals surface area contributed by atoms with Gasteiger partial charge in [0.05, 0.1) is 24.8 Å². The zero-order valence-electron chi connectivity index (χ0n) is 13.6. The molecule has 7 heteroatoms. The topological polar surface area (TPSA) is 79.7 Å². The summed E-state index contributed by atoms with van der Waals surface area (Å²) in [6, 6.07) is 15.0. The molecule has 6 nitrogen and oxygen atoms in total. The molecule has 2 aromatic rings. The molecule has 0 aliphatic carbocycles.